The van der Waals surface area contributed by atoms with Crippen molar-refractivity contribution in [2.45, 2.75) is 58.5 Å². The van der Waals surface area contributed by atoms with E-state index in [0.717, 1.165) is 18.8 Å². The lowest BCUT2D eigenvalue weighted by atomic mass is 9.95. The number of hydrogen-bond acceptors (Lipinski definition) is 2. The van der Waals surface area contributed by atoms with Crippen molar-refractivity contribution >= 4 is 11.8 Å². The van der Waals surface area contributed by atoms with Crippen LogP contribution in [0.5, 0.6) is 0 Å². The van der Waals surface area contributed by atoms with Crippen molar-refractivity contribution in [1.29, 1.82) is 0 Å². The number of rotatable bonds is 5. The van der Waals surface area contributed by atoms with Gasteiger partial charge in [0.1, 0.15) is 6.04 Å². The molecule has 1 saturated heterocycles. The van der Waals surface area contributed by atoms with Gasteiger partial charge in [-0.2, -0.15) is 0 Å². The molecule has 2 rings (SSSR count). The van der Waals surface area contributed by atoms with Gasteiger partial charge in [-0.15, -0.1) is 0 Å². The molecule has 3 unspecified atom stereocenters. The van der Waals surface area contributed by atoms with Crippen LogP contribution in [0.4, 0.5) is 0 Å². The van der Waals surface area contributed by atoms with Gasteiger partial charge in [0.2, 0.25) is 11.8 Å². The molecule has 1 N–H and O–H groups in total. The van der Waals surface area contributed by atoms with Gasteiger partial charge in [0.25, 0.3) is 0 Å². The van der Waals surface area contributed by atoms with Crippen LogP contribution in [0.25, 0.3) is 0 Å². The van der Waals surface area contributed by atoms with Gasteiger partial charge in [0.15, 0.2) is 0 Å². The average Bonchev–Trinajstić information content (AvgIpc) is 3.14. The number of nitrogens with zero attached hydrogens (tertiary/aromatic N) is 1. The number of carbonyl (C=O) groups excluding carboxylic acids is 2. The largest absolute Gasteiger partial charge is 0.342 e. The SMILES string of the molecule is CCC(C)C1NC(=O)CN(C(C)CC2CC2)C1=O. The highest BCUT2D eigenvalue weighted by atomic mass is 16.2. The fourth-order valence-electron chi connectivity index (χ4n) is 2.65. The van der Waals surface area contributed by atoms with E-state index >= 15 is 0 Å². The predicted octanol–water partition coefficient (Wildman–Crippen LogP) is 1.55. The topological polar surface area (TPSA) is 49.4 Å². The molecule has 2 amide bonds. The number of carbonyl (C=O) groups is 2. The van der Waals surface area contributed by atoms with E-state index in [-0.39, 0.29) is 36.4 Å². The first kappa shape index (κ1) is 13.4. The standard InChI is InChI=1S/C14H24N2O2/c1-4-9(2)13-14(18)16(8-12(17)15-13)10(3)7-11-5-6-11/h9-11,13H,4-8H2,1-3H3,(H,15,17). The van der Waals surface area contributed by atoms with E-state index in [4.69, 9.17) is 0 Å². The fourth-order valence-corrected chi connectivity index (χ4v) is 2.65. The second kappa shape index (κ2) is 5.29. The zero-order chi connectivity index (χ0) is 13.3. The van der Waals surface area contributed by atoms with E-state index < -0.39 is 0 Å². The first-order chi connectivity index (χ1) is 8.52. The molecule has 4 nitrogen and oxygen atoms in total. The third-order valence-electron chi connectivity index (χ3n) is 4.30. The summed E-state index contributed by atoms with van der Waals surface area (Å²) in [5.41, 5.74) is 0. The molecule has 4 heteroatoms. The van der Waals surface area contributed by atoms with Crippen LogP contribution in [-0.2, 0) is 9.59 Å². The summed E-state index contributed by atoms with van der Waals surface area (Å²) in [7, 11) is 0. The minimum atomic E-state index is -0.321. The van der Waals surface area contributed by atoms with Gasteiger partial charge in [-0.05, 0) is 25.2 Å². The highest BCUT2D eigenvalue weighted by Crippen LogP contribution is 2.35. The van der Waals surface area contributed by atoms with Gasteiger partial charge in [-0.25, -0.2) is 0 Å². The van der Waals surface area contributed by atoms with Crippen molar-refractivity contribution in [3.8, 4) is 0 Å². The number of hydrogen-bond donors (Lipinski definition) is 1. The second-order valence-corrected chi connectivity index (χ2v) is 5.92. The third kappa shape index (κ3) is 2.85. The summed E-state index contributed by atoms with van der Waals surface area (Å²) < 4.78 is 0. The van der Waals surface area contributed by atoms with E-state index in [9.17, 15) is 9.59 Å². The molecule has 1 aliphatic heterocycles. The van der Waals surface area contributed by atoms with E-state index in [0.29, 0.717) is 0 Å². The van der Waals surface area contributed by atoms with E-state index in [1.54, 1.807) is 4.90 Å². The van der Waals surface area contributed by atoms with Crippen LogP contribution in [0.15, 0.2) is 0 Å². The first-order valence-corrected chi connectivity index (χ1v) is 7.12. The Hall–Kier alpha value is -1.06. The molecular weight excluding hydrogens is 228 g/mol. The van der Waals surface area contributed by atoms with Crippen LogP contribution in [0.3, 0.4) is 0 Å². The smallest absolute Gasteiger partial charge is 0.246 e. The van der Waals surface area contributed by atoms with Gasteiger partial charge in [-0.3, -0.25) is 9.59 Å². The highest BCUT2D eigenvalue weighted by Gasteiger charge is 2.38. The Morgan fingerprint density at radius 1 is 1.33 bits per heavy atom. The summed E-state index contributed by atoms with van der Waals surface area (Å²) in [5.74, 6) is 1.08. The molecule has 0 radical (unpaired) electrons. The van der Waals surface area contributed by atoms with Gasteiger partial charge < -0.3 is 10.2 Å². The van der Waals surface area contributed by atoms with Crippen molar-refractivity contribution in [1.82, 2.24) is 10.2 Å². The highest BCUT2D eigenvalue weighted by molar-refractivity contribution is 5.95. The Bertz CT molecular complexity index is 339. The third-order valence-corrected chi connectivity index (χ3v) is 4.30. The Morgan fingerprint density at radius 3 is 2.56 bits per heavy atom. The van der Waals surface area contributed by atoms with Gasteiger partial charge in [-0.1, -0.05) is 33.1 Å². The summed E-state index contributed by atoms with van der Waals surface area (Å²) in [6.45, 7) is 6.39. The van der Waals surface area contributed by atoms with Gasteiger partial charge in [0.05, 0.1) is 6.54 Å². The second-order valence-electron chi connectivity index (χ2n) is 5.92. The monoisotopic (exact) mass is 252 g/mol. The van der Waals surface area contributed by atoms with Crippen LogP contribution >= 0.6 is 0 Å². The number of piperazine rings is 1. The molecular formula is C14H24N2O2. The van der Waals surface area contributed by atoms with Crippen molar-refractivity contribution in [2.24, 2.45) is 11.8 Å². The van der Waals surface area contributed by atoms with E-state index in [1.807, 2.05) is 6.92 Å². The first-order valence-electron chi connectivity index (χ1n) is 7.12. The van der Waals surface area contributed by atoms with Gasteiger partial charge >= 0.3 is 0 Å². The minimum Gasteiger partial charge on any atom is -0.342 e. The molecule has 2 fully saturated rings. The lowest BCUT2D eigenvalue weighted by Crippen LogP contribution is -2.62. The maximum absolute atomic E-state index is 12.4. The summed E-state index contributed by atoms with van der Waals surface area (Å²) in [4.78, 5) is 26.0. The van der Waals surface area contributed by atoms with Crippen LogP contribution in [0.2, 0.25) is 0 Å². The van der Waals surface area contributed by atoms with Crippen molar-refractivity contribution in [3.05, 3.63) is 0 Å². The molecule has 0 aromatic rings. The molecule has 1 heterocycles. The molecule has 0 bridgehead atoms. The van der Waals surface area contributed by atoms with E-state index in [1.165, 1.54) is 12.8 Å². The lowest BCUT2D eigenvalue weighted by molar-refractivity contribution is -0.148. The van der Waals surface area contributed by atoms with Crippen LogP contribution in [0, 0.1) is 11.8 Å². The van der Waals surface area contributed by atoms with Crippen LogP contribution in [-0.4, -0.2) is 35.3 Å². The van der Waals surface area contributed by atoms with E-state index in [2.05, 4.69) is 19.2 Å². The molecule has 0 aromatic heterocycles. The predicted molar refractivity (Wildman–Crippen MR) is 69.9 cm³/mol. The minimum absolute atomic E-state index is 0.0115. The van der Waals surface area contributed by atoms with Crippen molar-refractivity contribution in [2.75, 3.05) is 6.54 Å². The summed E-state index contributed by atoms with van der Waals surface area (Å²) in [6.07, 6.45) is 4.52. The molecule has 102 valence electrons. The summed E-state index contributed by atoms with van der Waals surface area (Å²) in [6, 6.07) is -0.125. The Balaban J connectivity index is 2.03. The zero-order valence-electron chi connectivity index (χ0n) is 11.6. The molecule has 3 atom stereocenters. The molecule has 0 spiro atoms. The normalized spacial score (nSPS) is 27.9. The van der Waals surface area contributed by atoms with Crippen LogP contribution in [0.1, 0.15) is 46.5 Å². The fraction of sp³-hybridized carbons (Fsp3) is 0.857. The van der Waals surface area contributed by atoms with Crippen LogP contribution < -0.4 is 5.32 Å². The molecule has 18 heavy (non-hydrogen) atoms. The maximum atomic E-state index is 12.4. The summed E-state index contributed by atoms with van der Waals surface area (Å²) >= 11 is 0. The Kier molecular flexibility index (Phi) is 3.93. The molecule has 2 aliphatic rings. The van der Waals surface area contributed by atoms with Gasteiger partial charge in [0, 0.05) is 6.04 Å². The molecule has 1 saturated carbocycles. The quantitative estimate of drug-likeness (QED) is 0.807. The Labute approximate surface area is 109 Å². The number of nitrogens with one attached hydrogen (secondary N) is 1. The zero-order valence-corrected chi connectivity index (χ0v) is 11.6. The maximum Gasteiger partial charge on any atom is 0.246 e. The molecule has 1 aliphatic carbocycles. The Morgan fingerprint density at radius 2 is 2.00 bits per heavy atom. The number of amides is 2. The van der Waals surface area contributed by atoms with Crippen molar-refractivity contribution < 1.29 is 9.59 Å². The summed E-state index contributed by atoms with van der Waals surface area (Å²) in [5, 5.41) is 2.84. The van der Waals surface area contributed by atoms with Crippen molar-refractivity contribution in [3.63, 3.8) is 0 Å². The molecule has 0 aromatic carbocycles. The average molecular weight is 252 g/mol. The lowest BCUT2D eigenvalue weighted by Gasteiger charge is -2.38.